The monoisotopic (exact) mass is 301 g/mol. The van der Waals surface area contributed by atoms with Crippen LogP contribution < -0.4 is 5.32 Å². The second-order valence-electron chi connectivity index (χ2n) is 5.06. The molecule has 1 unspecified atom stereocenters. The van der Waals surface area contributed by atoms with Crippen LogP contribution in [0, 0.1) is 0 Å². The zero-order chi connectivity index (χ0) is 15.9. The molecule has 0 bridgehead atoms. The molecule has 2 rings (SSSR count). The zero-order valence-electron chi connectivity index (χ0n) is 12.4. The van der Waals surface area contributed by atoms with E-state index in [9.17, 15) is 14.7 Å². The number of amides is 1. The third-order valence-corrected chi connectivity index (χ3v) is 3.35. The first kappa shape index (κ1) is 15.8. The van der Waals surface area contributed by atoms with Crippen LogP contribution >= 0.6 is 0 Å². The Kier molecular flexibility index (Phi) is 5.36. The summed E-state index contributed by atoms with van der Waals surface area (Å²) >= 11 is 0. The average Bonchev–Trinajstić information content (AvgIpc) is 2.96. The molecule has 1 atom stereocenters. The number of hydrogen-bond acceptors (Lipinski definition) is 3. The summed E-state index contributed by atoms with van der Waals surface area (Å²) in [7, 11) is 0. The largest absolute Gasteiger partial charge is 0.480 e. The number of rotatable bonds is 7. The first-order chi connectivity index (χ1) is 10.6. The van der Waals surface area contributed by atoms with Gasteiger partial charge in [0, 0.05) is 12.8 Å². The van der Waals surface area contributed by atoms with E-state index in [1.807, 2.05) is 37.3 Å². The molecule has 1 aromatic heterocycles. The predicted octanol–water partition coefficient (Wildman–Crippen LogP) is 2.66. The standard InChI is InChI=1S/C17H19NO4/c1-2-6-15-13(9-10-22-15)16(19)18-14(17(20)21)11-12-7-4-3-5-8-12/h3-5,7-10,14H,2,6,11H2,1H3,(H,18,19)(H,20,21). The molecule has 0 spiro atoms. The van der Waals surface area contributed by atoms with Crippen molar-refractivity contribution in [2.24, 2.45) is 0 Å². The molecule has 5 heteroatoms. The fraction of sp³-hybridized carbons (Fsp3) is 0.294. The molecule has 22 heavy (non-hydrogen) atoms. The van der Waals surface area contributed by atoms with Gasteiger partial charge in [-0.3, -0.25) is 4.79 Å². The van der Waals surface area contributed by atoms with Crippen LogP contribution in [0.4, 0.5) is 0 Å². The maximum absolute atomic E-state index is 12.3. The highest BCUT2D eigenvalue weighted by atomic mass is 16.4. The van der Waals surface area contributed by atoms with Crippen molar-refractivity contribution in [3.05, 3.63) is 59.5 Å². The van der Waals surface area contributed by atoms with Gasteiger partial charge in [0.15, 0.2) is 0 Å². The maximum atomic E-state index is 12.3. The van der Waals surface area contributed by atoms with E-state index in [2.05, 4.69) is 5.32 Å². The van der Waals surface area contributed by atoms with Gasteiger partial charge in [-0.05, 0) is 18.1 Å². The smallest absolute Gasteiger partial charge is 0.326 e. The van der Waals surface area contributed by atoms with Crippen LogP contribution in [0.25, 0.3) is 0 Å². The number of furan rings is 1. The number of carbonyl (C=O) groups is 2. The van der Waals surface area contributed by atoms with Crippen LogP contribution in [0.3, 0.4) is 0 Å². The first-order valence-corrected chi connectivity index (χ1v) is 7.25. The third kappa shape index (κ3) is 3.97. The number of carboxylic acid groups (broad SMARTS) is 1. The second kappa shape index (κ2) is 7.45. The zero-order valence-corrected chi connectivity index (χ0v) is 12.4. The quantitative estimate of drug-likeness (QED) is 0.824. The summed E-state index contributed by atoms with van der Waals surface area (Å²) in [6.07, 6.45) is 3.18. The average molecular weight is 301 g/mol. The highest BCUT2D eigenvalue weighted by molar-refractivity contribution is 5.97. The summed E-state index contributed by atoms with van der Waals surface area (Å²) in [4.78, 5) is 23.7. The lowest BCUT2D eigenvalue weighted by atomic mass is 10.1. The SMILES string of the molecule is CCCc1occc1C(=O)NC(Cc1ccccc1)C(=O)O. The summed E-state index contributed by atoms with van der Waals surface area (Å²) in [5.74, 6) is -0.887. The number of carbonyl (C=O) groups excluding carboxylic acids is 1. The number of hydrogen-bond donors (Lipinski definition) is 2. The van der Waals surface area contributed by atoms with Gasteiger partial charge in [0.25, 0.3) is 5.91 Å². The van der Waals surface area contributed by atoms with Gasteiger partial charge in [-0.25, -0.2) is 4.79 Å². The fourth-order valence-corrected chi connectivity index (χ4v) is 2.25. The van der Waals surface area contributed by atoms with Gasteiger partial charge < -0.3 is 14.8 Å². The molecular formula is C17H19NO4. The molecule has 1 amide bonds. The van der Waals surface area contributed by atoms with Gasteiger partial charge in [0.2, 0.25) is 0 Å². The van der Waals surface area contributed by atoms with Crippen molar-refractivity contribution in [1.82, 2.24) is 5.32 Å². The van der Waals surface area contributed by atoms with Gasteiger partial charge in [0.1, 0.15) is 11.8 Å². The topological polar surface area (TPSA) is 79.5 Å². The number of nitrogens with one attached hydrogen (secondary N) is 1. The van der Waals surface area contributed by atoms with Gasteiger partial charge in [0.05, 0.1) is 11.8 Å². The summed E-state index contributed by atoms with van der Waals surface area (Å²) < 4.78 is 5.28. The van der Waals surface area contributed by atoms with E-state index in [0.717, 1.165) is 12.0 Å². The Labute approximate surface area is 129 Å². The van der Waals surface area contributed by atoms with Gasteiger partial charge in [-0.1, -0.05) is 37.3 Å². The summed E-state index contributed by atoms with van der Waals surface area (Å²) in [5, 5.41) is 11.9. The van der Waals surface area contributed by atoms with E-state index in [1.54, 1.807) is 6.07 Å². The highest BCUT2D eigenvalue weighted by Gasteiger charge is 2.23. The Balaban J connectivity index is 2.09. The van der Waals surface area contributed by atoms with E-state index in [-0.39, 0.29) is 6.42 Å². The number of aryl methyl sites for hydroxylation is 1. The Hall–Kier alpha value is -2.56. The van der Waals surface area contributed by atoms with Crippen molar-refractivity contribution in [2.45, 2.75) is 32.2 Å². The molecule has 0 aliphatic carbocycles. The summed E-state index contributed by atoms with van der Waals surface area (Å²) in [6, 6.07) is 9.81. The van der Waals surface area contributed by atoms with E-state index in [4.69, 9.17) is 4.42 Å². The van der Waals surface area contributed by atoms with Gasteiger partial charge in [-0.2, -0.15) is 0 Å². The Morgan fingerprint density at radius 1 is 1.23 bits per heavy atom. The summed E-state index contributed by atoms with van der Waals surface area (Å²) in [6.45, 7) is 1.99. The molecule has 5 nitrogen and oxygen atoms in total. The lowest BCUT2D eigenvalue weighted by Gasteiger charge is -2.14. The van der Waals surface area contributed by atoms with Crippen molar-refractivity contribution >= 4 is 11.9 Å². The highest BCUT2D eigenvalue weighted by Crippen LogP contribution is 2.13. The molecule has 0 saturated carbocycles. The molecule has 116 valence electrons. The van der Waals surface area contributed by atoms with Crippen LogP contribution in [0.2, 0.25) is 0 Å². The minimum absolute atomic E-state index is 0.239. The summed E-state index contributed by atoms with van der Waals surface area (Å²) in [5.41, 5.74) is 1.26. The van der Waals surface area contributed by atoms with Crippen LogP contribution in [0.5, 0.6) is 0 Å². The molecule has 0 saturated heterocycles. The maximum Gasteiger partial charge on any atom is 0.326 e. The molecule has 1 aromatic carbocycles. The molecule has 2 N–H and O–H groups in total. The van der Waals surface area contributed by atoms with E-state index < -0.39 is 17.9 Å². The molecule has 0 fully saturated rings. The van der Waals surface area contributed by atoms with Crippen LogP contribution in [0.1, 0.15) is 35.0 Å². The number of benzene rings is 1. The molecule has 0 aliphatic rings. The number of aliphatic carboxylic acids is 1. The molecular weight excluding hydrogens is 282 g/mol. The van der Waals surface area contributed by atoms with Crippen LogP contribution in [-0.4, -0.2) is 23.0 Å². The predicted molar refractivity (Wildman–Crippen MR) is 81.7 cm³/mol. The third-order valence-electron chi connectivity index (χ3n) is 3.35. The molecule has 0 radical (unpaired) electrons. The lowest BCUT2D eigenvalue weighted by molar-refractivity contribution is -0.139. The van der Waals surface area contributed by atoms with Gasteiger partial charge >= 0.3 is 5.97 Å². The number of carboxylic acids is 1. The minimum Gasteiger partial charge on any atom is -0.480 e. The Morgan fingerprint density at radius 3 is 2.59 bits per heavy atom. The molecule has 2 aromatic rings. The van der Waals surface area contributed by atoms with E-state index in [1.165, 1.54) is 6.26 Å². The molecule has 0 aliphatic heterocycles. The van der Waals surface area contributed by atoms with Crippen molar-refractivity contribution in [3.8, 4) is 0 Å². The van der Waals surface area contributed by atoms with Crippen molar-refractivity contribution < 1.29 is 19.1 Å². The van der Waals surface area contributed by atoms with Crippen molar-refractivity contribution in [3.63, 3.8) is 0 Å². The van der Waals surface area contributed by atoms with Gasteiger partial charge in [-0.15, -0.1) is 0 Å². The van der Waals surface area contributed by atoms with E-state index in [0.29, 0.717) is 17.7 Å². The van der Waals surface area contributed by atoms with Crippen molar-refractivity contribution in [1.29, 1.82) is 0 Å². The molecule has 1 heterocycles. The van der Waals surface area contributed by atoms with Crippen LogP contribution in [0.15, 0.2) is 47.1 Å². The second-order valence-corrected chi connectivity index (χ2v) is 5.06. The Morgan fingerprint density at radius 2 is 1.95 bits per heavy atom. The van der Waals surface area contributed by atoms with Crippen molar-refractivity contribution in [2.75, 3.05) is 0 Å². The first-order valence-electron chi connectivity index (χ1n) is 7.25. The Bertz CT molecular complexity index is 633. The fourth-order valence-electron chi connectivity index (χ4n) is 2.25. The normalized spacial score (nSPS) is 11.9. The lowest BCUT2D eigenvalue weighted by Crippen LogP contribution is -2.42. The van der Waals surface area contributed by atoms with E-state index >= 15 is 0 Å². The van der Waals surface area contributed by atoms with Crippen LogP contribution in [-0.2, 0) is 17.6 Å². The minimum atomic E-state index is -1.06.